The minimum Gasteiger partial charge on any atom is -0.326 e. The summed E-state index contributed by atoms with van der Waals surface area (Å²) in [6.07, 6.45) is 4.07. The summed E-state index contributed by atoms with van der Waals surface area (Å²) in [5.74, 6) is 0.696. The maximum Gasteiger partial charge on any atom is 0.258 e. The second-order valence-electron chi connectivity index (χ2n) is 6.49. The van der Waals surface area contributed by atoms with Crippen molar-refractivity contribution in [3.63, 3.8) is 0 Å². The first-order valence-corrected chi connectivity index (χ1v) is 8.32. The molecule has 0 aliphatic rings. The number of rotatable bonds is 4. The summed E-state index contributed by atoms with van der Waals surface area (Å²) in [7, 11) is 2.08. The van der Waals surface area contributed by atoms with E-state index in [4.69, 9.17) is 4.98 Å². The second kappa shape index (κ2) is 6.14. The van der Waals surface area contributed by atoms with Gasteiger partial charge in [-0.2, -0.15) is 0 Å². The van der Waals surface area contributed by atoms with Crippen LogP contribution in [0.15, 0.2) is 53.6 Å². The van der Waals surface area contributed by atoms with Gasteiger partial charge in [-0.25, -0.2) is 9.97 Å². The van der Waals surface area contributed by atoms with Crippen LogP contribution in [0.5, 0.6) is 0 Å². The Balaban J connectivity index is 1.56. The Labute approximate surface area is 144 Å². The largest absolute Gasteiger partial charge is 0.326 e. The van der Waals surface area contributed by atoms with Crippen molar-refractivity contribution in [3.05, 3.63) is 76.2 Å². The van der Waals surface area contributed by atoms with Gasteiger partial charge in [0.05, 0.1) is 18.0 Å². The third kappa shape index (κ3) is 3.04. The Kier molecular flexibility index (Phi) is 3.82. The molecule has 4 rings (SSSR count). The van der Waals surface area contributed by atoms with Gasteiger partial charge in [0.2, 0.25) is 0 Å². The van der Waals surface area contributed by atoms with Crippen LogP contribution in [0, 0.1) is 6.92 Å². The normalized spacial score (nSPS) is 12.7. The first-order valence-electron chi connectivity index (χ1n) is 8.32. The van der Waals surface area contributed by atoms with E-state index in [1.54, 1.807) is 6.07 Å². The highest BCUT2D eigenvalue weighted by Gasteiger charge is 2.12. The maximum absolute atomic E-state index is 12.2. The lowest BCUT2D eigenvalue weighted by molar-refractivity contribution is -0.908. The smallest absolute Gasteiger partial charge is 0.258 e. The molecule has 6 heteroatoms. The molecule has 3 heterocycles. The van der Waals surface area contributed by atoms with Gasteiger partial charge in [-0.1, -0.05) is 18.2 Å². The summed E-state index contributed by atoms with van der Waals surface area (Å²) >= 11 is 0. The lowest BCUT2D eigenvalue weighted by Crippen LogP contribution is -3.06. The molecule has 1 aromatic carbocycles. The molecule has 6 nitrogen and oxygen atoms in total. The van der Waals surface area contributed by atoms with Gasteiger partial charge >= 0.3 is 0 Å². The average molecular weight is 334 g/mol. The molecule has 0 saturated heterocycles. The molecule has 1 unspecified atom stereocenters. The summed E-state index contributed by atoms with van der Waals surface area (Å²) in [6.45, 7) is 3.46. The van der Waals surface area contributed by atoms with E-state index in [-0.39, 0.29) is 5.56 Å². The number of hydrogen-bond acceptors (Lipinski definition) is 3. The topological polar surface area (TPSA) is 67.5 Å². The molecule has 1 atom stereocenters. The number of nitrogens with zero attached hydrogens (tertiary/aromatic N) is 3. The van der Waals surface area contributed by atoms with Crippen molar-refractivity contribution in [2.45, 2.75) is 20.0 Å². The molecule has 0 aliphatic carbocycles. The molecule has 126 valence electrons. The monoisotopic (exact) mass is 334 g/mol. The first kappa shape index (κ1) is 15.5. The van der Waals surface area contributed by atoms with Gasteiger partial charge in [0, 0.05) is 12.4 Å². The van der Waals surface area contributed by atoms with Crippen LogP contribution in [0.3, 0.4) is 0 Å². The third-order valence-electron chi connectivity index (χ3n) is 4.34. The number of aromatic amines is 1. The van der Waals surface area contributed by atoms with E-state index in [1.165, 1.54) is 4.90 Å². The van der Waals surface area contributed by atoms with E-state index in [1.807, 2.05) is 34.9 Å². The van der Waals surface area contributed by atoms with E-state index in [0.717, 1.165) is 29.0 Å². The molecule has 3 aromatic heterocycles. The molecule has 0 radical (unpaired) electrons. The lowest BCUT2D eigenvalue weighted by Gasteiger charge is -2.12. The number of pyridine rings is 1. The summed E-state index contributed by atoms with van der Waals surface area (Å²) in [5.41, 5.74) is 3.82. The third-order valence-corrected chi connectivity index (χ3v) is 4.34. The number of aryl methyl sites for hydroxylation is 1. The molecular weight excluding hydrogens is 314 g/mol. The van der Waals surface area contributed by atoms with Crippen LogP contribution in [-0.2, 0) is 13.1 Å². The van der Waals surface area contributed by atoms with Gasteiger partial charge < -0.3 is 14.3 Å². The Morgan fingerprint density at radius 2 is 1.96 bits per heavy atom. The Bertz CT molecular complexity index is 1110. The van der Waals surface area contributed by atoms with Crippen LogP contribution in [-0.4, -0.2) is 26.4 Å². The second-order valence-corrected chi connectivity index (χ2v) is 6.49. The Morgan fingerprint density at radius 1 is 1.12 bits per heavy atom. The van der Waals surface area contributed by atoms with Gasteiger partial charge in [-0.3, -0.25) is 4.79 Å². The zero-order valence-corrected chi connectivity index (χ0v) is 14.3. The first-order chi connectivity index (χ1) is 12.1. The number of quaternary nitrogens is 1. The van der Waals surface area contributed by atoms with Gasteiger partial charge in [0.1, 0.15) is 24.4 Å². The van der Waals surface area contributed by atoms with Crippen molar-refractivity contribution in [1.29, 1.82) is 0 Å². The maximum atomic E-state index is 12.2. The number of imidazole rings is 1. The van der Waals surface area contributed by atoms with E-state index in [0.29, 0.717) is 17.8 Å². The fourth-order valence-corrected chi connectivity index (χ4v) is 3.17. The summed E-state index contributed by atoms with van der Waals surface area (Å²) < 4.78 is 2.05. The highest BCUT2D eigenvalue weighted by molar-refractivity contribution is 5.77. The van der Waals surface area contributed by atoms with Gasteiger partial charge in [-0.15, -0.1) is 0 Å². The van der Waals surface area contributed by atoms with Gasteiger partial charge in [0.25, 0.3) is 5.56 Å². The number of para-hydroxylation sites is 1. The highest BCUT2D eigenvalue weighted by Crippen LogP contribution is 2.09. The van der Waals surface area contributed by atoms with Crippen molar-refractivity contribution in [2.75, 3.05) is 7.05 Å². The van der Waals surface area contributed by atoms with Crippen molar-refractivity contribution < 1.29 is 4.90 Å². The van der Waals surface area contributed by atoms with Crippen molar-refractivity contribution >= 4 is 16.6 Å². The van der Waals surface area contributed by atoms with Crippen molar-refractivity contribution in [3.8, 4) is 0 Å². The van der Waals surface area contributed by atoms with Crippen molar-refractivity contribution in [1.82, 2.24) is 19.4 Å². The van der Waals surface area contributed by atoms with Gasteiger partial charge in [0.15, 0.2) is 5.82 Å². The molecule has 0 spiro atoms. The van der Waals surface area contributed by atoms with Crippen molar-refractivity contribution in [2.24, 2.45) is 0 Å². The number of hydrogen-bond donors (Lipinski definition) is 2. The lowest BCUT2D eigenvalue weighted by atomic mass is 10.2. The van der Waals surface area contributed by atoms with Crippen LogP contribution in [0.1, 0.15) is 17.1 Å². The van der Waals surface area contributed by atoms with E-state index < -0.39 is 0 Å². The summed E-state index contributed by atoms with van der Waals surface area (Å²) in [5, 5.41) is 0.625. The molecule has 2 N–H and O–H groups in total. The SMILES string of the molecule is Cc1cccn2cc(C[NH+](C)Cc3nc4ccccc4c(=O)[nH]3)nc12. The number of aromatic nitrogens is 4. The van der Waals surface area contributed by atoms with E-state index in [2.05, 4.69) is 36.2 Å². The van der Waals surface area contributed by atoms with Crippen LogP contribution in [0.25, 0.3) is 16.6 Å². The Morgan fingerprint density at radius 3 is 2.80 bits per heavy atom. The minimum atomic E-state index is -0.0863. The van der Waals surface area contributed by atoms with E-state index >= 15 is 0 Å². The number of fused-ring (bicyclic) bond motifs is 2. The van der Waals surface area contributed by atoms with Crippen LogP contribution < -0.4 is 10.5 Å². The van der Waals surface area contributed by atoms with Crippen LogP contribution in [0.4, 0.5) is 0 Å². The molecule has 0 fully saturated rings. The van der Waals surface area contributed by atoms with Crippen LogP contribution in [0.2, 0.25) is 0 Å². The predicted octanol–water partition coefficient (Wildman–Crippen LogP) is 1.09. The molecule has 0 saturated carbocycles. The molecule has 0 bridgehead atoms. The van der Waals surface area contributed by atoms with E-state index in [9.17, 15) is 4.79 Å². The standard InChI is InChI=1S/C19H19N5O/c1-13-6-5-9-24-11-14(20-18(13)24)10-23(2)12-17-21-16-8-4-3-7-15(16)19(25)22-17/h3-9,11H,10,12H2,1-2H3,(H,21,22,25)/p+1. The Hall–Kier alpha value is -2.99. The summed E-state index contributed by atoms with van der Waals surface area (Å²) in [6, 6.07) is 11.5. The minimum absolute atomic E-state index is 0.0863. The quantitative estimate of drug-likeness (QED) is 0.587. The number of H-pyrrole nitrogens is 1. The zero-order chi connectivity index (χ0) is 17.4. The number of benzene rings is 1. The number of nitrogens with one attached hydrogen (secondary N) is 2. The fourth-order valence-electron chi connectivity index (χ4n) is 3.17. The molecule has 25 heavy (non-hydrogen) atoms. The molecule has 4 aromatic rings. The average Bonchev–Trinajstić information content (AvgIpc) is 2.98. The molecule has 0 amide bonds. The predicted molar refractivity (Wildman–Crippen MR) is 96.6 cm³/mol. The van der Waals surface area contributed by atoms with Gasteiger partial charge in [-0.05, 0) is 30.7 Å². The fraction of sp³-hybridized carbons (Fsp3) is 0.211. The molecular formula is C19H20N5O+. The van der Waals surface area contributed by atoms with Crippen LogP contribution >= 0.6 is 0 Å². The highest BCUT2D eigenvalue weighted by atomic mass is 16.1. The summed E-state index contributed by atoms with van der Waals surface area (Å²) in [4.78, 5) is 25.6. The zero-order valence-electron chi connectivity index (χ0n) is 14.3. The molecule has 0 aliphatic heterocycles.